The molecule has 1 aliphatic heterocycles. The number of halogens is 1. The molecule has 0 fully saturated rings. The molecule has 0 amide bonds. The van der Waals surface area contributed by atoms with Crippen molar-refractivity contribution in [3.8, 4) is 5.75 Å². The van der Waals surface area contributed by atoms with Crippen LogP contribution in [-0.2, 0) is 6.42 Å². The van der Waals surface area contributed by atoms with E-state index in [0.29, 0.717) is 5.56 Å². The van der Waals surface area contributed by atoms with E-state index >= 15 is 0 Å². The van der Waals surface area contributed by atoms with Crippen LogP contribution in [0.2, 0.25) is 0 Å². The van der Waals surface area contributed by atoms with Gasteiger partial charge in [-0.1, -0.05) is 18.2 Å². The van der Waals surface area contributed by atoms with E-state index in [9.17, 15) is 9.18 Å². The van der Waals surface area contributed by atoms with E-state index in [0.717, 1.165) is 23.3 Å². The van der Waals surface area contributed by atoms with Crippen molar-refractivity contribution in [2.75, 3.05) is 0 Å². The summed E-state index contributed by atoms with van der Waals surface area (Å²) in [4.78, 5) is 12.2. The van der Waals surface area contributed by atoms with Crippen molar-refractivity contribution in [3.05, 3.63) is 71.0 Å². The van der Waals surface area contributed by atoms with Crippen molar-refractivity contribution in [2.24, 2.45) is 0 Å². The summed E-state index contributed by atoms with van der Waals surface area (Å²) in [7, 11) is 0. The number of ketones is 1. The average Bonchev–Trinajstić information content (AvgIpc) is 2.85. The topological polar surface area (TPSA) is 26.3 Å². The van der Waals surface area contributed by atoms with Crippen molar-refractivity contribution >= 4 is 11.9 Å². The Balaban J connectivity index is 1.77. The molecule has 0 aliphatic carbocycles. The van der Waals surface area contributed by atoms with Gasteiger partial charge in [0, 0.05) is 12.0 Å². The molecule has 0 saturated carbocycles. The van der Waals surface area contributed by atoms with Crippen molar-refractivity contribution in [1.29, 1.82) is 0 Å². The molecule has 0 N–H and O–H groups in total. The van der Waals surface area contributed by atoms with Gasteiger partial charge in [-0.15, -0.1) is 0 Å². The van der Waals surface area contributed by atoms with Gasteiger partial charge in [0.1, 0.15) is 17.7 Å². The lowest BCUT2D eigenvalue weighted by atomic mass is 10.0. The second-order valence-electron chi connectivity index (χ2n) is 5.20. The fraction of sp³-hybridized carbons (Fsp3) is 0.167. The zero-order chi connectivity index (χ0) is 14.8. The lowest BCUT2D eigenvalue weighted by Gasteiger charge is -2.02. The highest BCUT2D eigenvalue weighted by Crippen LogP contribution is 2.29. The molecule has 106 valence electrons. The minimum Gasteiger partial charge on any atom is -0.490 e. The number of ether oxygens (including phenoxy) is 1. The molecule has 3 heteroatoms. The van der Waals surface area contributed by atoms with Gasteiger partial charge in [-0.3, -0.25) is 4.79 Å². The predicted octanol–water partition coefficient (Wildman–Crippen LogP) is 4.05. The van der Waals surface area contributed by atoms with Crippen LogP contribution in [0.1, 0.15) is 28.4 Å². The lowest BCUT2D eigenvalue weighted by molar-refractivity contribution is 0.104. The van der Waals surface area contributed by atoms with Crippen molar-refractivity contribution in [2.45, 2.75) is 19.4 Å². The summed E-state index contributed by atoms with van der Waals surface area (Å²) in [5, 5.41) is 0. The summed E-state index contributed by atoms with van der Waals surface area (Å²) in [5.74, 6) is 0.509. The molecule has 1 heterocycles. The second-order valence-corrected chi connectivity index (χ2v) is 5.20. The molecular formula is C18H15FO2. The first-order valence-corrected chi connectivity index (χ1v) is 6.89. The summed E-state index contributed by atoms with van der Waals surface area (Å²) >= 11 is 0. The second kappa shape index (κ2) is 5.52. The minimum absolute atomic E-state index is 0.0679. The van der Waals surface area contributed by atoms with Crippen LogP contribution in [0.5, 0.6) is 5.75 Å². The Morgan fingerprint density at radius 1 is 1.24 bits per heavy atom. The quantitative estimate of drug-likeness (QED) is 0.627. The van der Waals surface area contributed by atoms with Gasteiger partial charge in [0.15, 0.2) is 5.78 Å². The normalized spacial score (nSPS) is 16.8. The van der Waals surface area contributed by atoms with Gasteiger partial charge in [-0.25, -0.2) is 4.39 Å². The third-order valence-electron chi connectivity index (χ3n) is 3.48. The Kier molecular flexibility index (Phi) is 3.57. The number of carbonyl (C=O) groups excluding carboxylic acids is 1. The summed E-state index contributed by atoms with van der Waals surface area (Å²) < 4.78 is 18.4. The van der Waals surface area contributed by atoms with Crippen molar-refractivity contribution < 1.29 is 13.9 Å². The van der Waals surface area contributed by atoms with E-state index in [1.807, 2.05) is 19.1 Å². The number of benzene rings is 2. The third-order valence-corrected chi connectivity index (χ3v) is 3.48. The van der Waals surface area contributed by atoms with Crippen LogP contribution in [0.25, 0.3) is 6.08 Å². The van der Waals surface area contributed by atoms with Gasteiger partial charge in [-0.05, 0) is 54.5 Å². The fourth-order valence-electron chi connectivity index (χ4n) is 2.42. The molecule has 2 nitrogen and oxygen atoms in total. The Bertz CT molecular complexity index is 702. The van der Waals surface area contributed by atoms with Crippen LogP contribution < -0.4 is 4.74 Å². The zero-order valence-electron chi connectivity index (χ0n) is 11.7. The number of hydrogen-bond donors (Lipinski definition) is 0. The van der Waals surface area contributed by atoms with Gasteiger partial charge in [0.05, 0.1) is 0 Å². The van der Waals surface area contributed by atoms with Gasteiger partial charge < -0.3 is 4.74 Å². The molecule has 0 aromatic heterocycles. The van der Waals surface area contributed by atoms with Crippen LogP contribution in [0.3, 0.4) is 0 Å². The molecule has 0 spiro atoms. The fourth-order valence-corrected chi connectivity index (χ4v) is 2.42. The predicted molar refractivity (Wildman–Crippen MR) is 80.0 cm³/mol. The molecule has 1 aliphatic rings. The maximum Gasteiger partial charge on any atom is 0.185 e. The summed E-state index contributed by atoms with van der Waals surface area (Å²) in [6.45, 7) is 2.01. The van der Waals surface area contributed by atoms with E-state index in [2.05, 4.69) is 0 Å². The van der Waals surface area contributed by atoms with E-state index in [1.165, 1.54) is 18.2 Å². The Hall–Kier alpha value is -2.42. The average molecular weight is 282 g/mol. The molecule has 3 rings (SSSR count). The van der Waals surface area contributed by atoms with E-state index in [1.54, 1.807) is 24.3 Å². The first-order chi connectivity index (χ1) is 10.1. The number of rotatable bonds is 3. The number of fused-ring (bicyclic) bond motifs is 1. The first kappa shape index (κ1) is 13.6. The molecule has 2 aromatic carbocycles. The van der Waals surface area contributed by atoms with Gasteiger partial charge in [-0.2, -0.15) is 0 Å². The minimum atomic E-state index is -0.286. The molecule has 0 bridgehead atoms. The maximum atomic E-state index is 12.8. The number of carbonyl (C=O) groups is 1. The van der Waals surface area contributed by atoms with Crippen LogP contribution in [0, 0.1) is 5.82 Å². The van der Waals surface area contributed by atoms with Gasteiger partial charge in [0.2, 0.25) is 0 Å². The molecule has 1 atom stereocenters. The Morgan fingerprint density at radius 2 is 2.00 bits per heavy atom. The molecule has 0 radical (unpaired) electrons. The lowest BCUT2D eigenvalue weighted by Crippen LogP contribution is -2.05. The number of allylic oxidation sites excluding steroid dienone is 1. The maximum absolute atomic E-state index is 12.8. The molecule has 0 saturated heterocycles. The van der Waals surface area contributed by atoms with Crippen molar-refractivity contribution in [3.63, 3.8) is 0 Å². The number of hydrogen-bond acceptors (Lipinski definition) is 2. The Morgan fingerprint density at radius 3 is 2.76 bits per heavy atom. The third kappa shape index (κ3) is 3.02. The summed E-state index contributed by atoms with van der Waals surface area (Å²) in [6, 6.07) is 11.5. The summed E-state index contributed by atoms with van der Waals surface area (Å²) in [6.07, 6.45) is 4.19. The Labute approximate surface area is 122 Å². The SMILES string of the molecule is C[C@H]1Cc2cc(C(=O)/C=C/c3ccc(F)cc3)ccc2O1. The van der Waals surface area contributed by atoms with Crippen LogP contribution in [0.4, 0.5) is 4.39 Å². The van der Waals surface area contributed by atoms with Crippen molar-refractivity contribution in [1.82, 2.24) is 0 Å². The van der Waals surface area contributed by atoms with E-state index in [4.69, 9.17) is 4.74 Å². The highest BCUT2D eigenvalue weighted by Gasteiger charge is 2.19. The standard InChI is InChI=1S/C18H15FO2/c1-12-10-15-11-14(5-9-18(15)21-12)17(20)8-4-13-2-6-16(19)7-3-13/h2-9,11-12H,10H2,1H3/b8-4+/t12-/m0/s1. The highest BCUT2D eigenvalue weighted by atomic mass is 19.1. The van der Waals surface area contributed by atoms with Gasteiger partial charge >= 0.3 is 0 Å². The molecular weight excluding hydrogens is 267 g/mol. The van der Waals surface area contributed by atoms with Crippen LogP contribution in [-0.4, -0.2) is 11.9 Å². The van der Waals surface area contributed by atoms with Crippen LogP contribution >= 0.6 is 0 Å². The zero-order valence-corrected chi connectivity index (χ0v) is 11.7. The van der Waals surface area contributed by atoms with Gasteiger partial charge in [0.25, 0.3) is 0 Å². The molecule has 0 unspecified atom stereocenters. The first-order valence-electron chi connectivity index (χ1n) is 6.89. The monoisotopic (exact) mass is 282 g/mol. The molecule has 21 heavy (non-hydrogen) atoms. The van der Waals surface area contributed by atoms with Crippen LogP contribution in [0.15, 0.2) is 48.5 Å². The van der Waals surface area contributed by atoms with E-state index < -0.39 is 0 Å². The van der Waals surface area contributed by atoms with E-state index in [-0.39, 0.29) is 17.7 Å². The highest BCUT2D eigenvalue weighted by molar-refractivity contribution is 6.07. The molecule has 2 aromatic rings. The summed E-state index contributed by atoms with van der Waals surface area (Å²) in [5.41, 5.74) is 2.51. The largest absolute Gasteiger partial charge is 0.490 e. The smallest absolute Gasteiger partial charge is 0.185 e.